The molecular weight excluding hydrogens is 252 g/mol. The summed E-state index contributed by atoms with van der Waals surface area (Å²) in [5, 5.41) is 0. The van der Waals surface area contributed by atoms with Gasteiger partial charge in [0.05, 0.1) is 7.11 Å². The highest BCUT2D eigenvalue weighted by Crippen LogP contribution is 2.27. The molecule has 2 rings (SSSR count). The van der Waals surface area contributed by atoms with Crippen LogP contribution in [0.1, 0.15) is 31.2 Å². The van der Waals surface area contributed by atoms with Gasteiger partial charge in [0.1, 0.15) is 5.75 Å². The van der Waals surface area contributed by atoms with Gasteiger partial charge in [-0.3, -0.25) is 4.79 Å². The van der Waals surface area contributed by atoms with E-state index in [4.69, 9.17) is 10.5 Å². The third-order valence-electron chi connectivity index (χ3n) is 4.18. The molecule has 4 heteroatoms. The molecule has 0 heterocycles. The topological polar surface area (TPSA) is 55.6 Å². The van der Waals surface area contributed by atoms with Crippen molar-refractivity contribution in [2.24, 2.45) is 11.7 Å². The Hall–Kier alpha value is -1.55. The minimum Gasteiger partial charge on any atom is -0.496 e. The first-order chi connectivity index (χ1) is 9.61. The summed E-state index contributed by atoms with van der Waals surface area (Å²) in [6.07, 6.45) is 3.84. The molecule has 1 aliphatic carbocycles. The number of para-hydroxylation sites is 1. The van der Waals surface area contributed by atoms with Crippen LogP contribution in [0.25, 0.3) is 0 Å². The molecule has 1 amide bonds. The number of carbonyl (C=O) groups excluding carboxylic acids is 1. The maximum Gasteiger partial charge on any atom is 0.222 e. The molecule has 0 radical (unpaired) electrons. The fourth-order valence-electron chi connectivity index (χ4n) is 2.88. The van der Waals surface area contributed by atoms with Gasteiger partial charge in [0.2, 0.25) is 5.91 Å². The van der Waals surface area contributed by atoms with E-state index in [1.165, 1.54) is 0 Å². The van der Waals surface area contributed by atoms with Crippen LogP contribution >= 0.6 is 0 Å². The van der Waals surface area contributed by atoms with E-state index in [1.807, 2.05) is 31.3 Å². The van der Waals surface area contributed by atoms with Crippen molar-refractivity contribution in [2.45, 2.75) is 38.3 Å². The molecule has 1 aliphatic rings. The third-order valence-corrected chi connectivity index (χ3v) is 4.18. The fourth-order valence-corrected chi connectivity index (χ4v) is 2.88. The molecule has 1 aromatic rings. The maximum atomic E-state index is 12.3. The van der Waals surface area contributed by atoms with Crippen LogP contribution in [-0.2, 0) is 11.3 Å². The van der Waals surface area contributed by atoms with Crippen molar-refractivity contribution in [3.8, 4) is 5.75 Å². The molecule has 2 N–H and O–H groups in total. The van der Waals surface area contributed by atoms with Gasteiger partial charge in [-0.15, -0.1) is 0 Å². The largest absolute Gasteiger partial charge is 0.496 e. The van der Waals surface area contributed by atoms with Gasteiger partial charge in [0, 0.05) is 31.6 Å². The average Bonchev–Trinajstić information content (AvgIpc) is 2.84. The summed E-state index contributed by atoms with van der Waals surface area (Å²) in [5.74, 6) is 1.34. The Morgan fingerprint density at radius 1 is 1.40 bits per heavy atom. The van der Waals surface area contributed by atoms with Crippen molar-refractivity contribution in [3.05, 3.63) is 29.8 Å². The van der Waals surface area contributed by atoms with E-state index in [0.29, 0.717) is 18.9 Å². The number of carbonyl (C=O) groups is 1. The van der Waals surface area contributed by atoms with E-state index < -0.39 is 0 Å². The van der Waals surface area contributed by atoms with Gasteiger partial charge in [0.25, 0.3) is 0 Å². The normalized spacial score (nSPS) is 21.8. The van der Waals surface area contributed by atoms with Crippen molar-refractivity contribution in [1.82, 2.24) is 4.90 Å². The Balaban J connectivity index is 1.93. The van der Waals surface area contributed by atoms with E-state index in [0.717, 1.165) is 30.6 Å². The molecule has 20 heavy (non-hydrogen) atoms. The number of hydrogen-bond donors (Lipinski definition) is 1. The number of benzene rings is 1. The van der Waals surface area contributed by atoms with Gasteiger partial charge < -0.3 is 15.4 Å². The smallest absolute Gasteiger partial charge is 0.222 e. The van der Waals surface area contributed by atoms with E-state index in [2.05, 4.69) is 0 Å². The van der Waals surface area contributed by atoms with E-state index in [9.17, 15) is 4.79 Å². The van der Waals surface area contributed by atoms with Crippen LogP contribution in [0.3, 0.4) is 0 Å². The van der Waals surface area contributed by atoms with Crippen molar-refractivity contribution >= 4 is 5.91 Å². The van der Waals surface area contributed by atoms with Crippen LogP contribution in [0.4, 0.5) is 0 Å². The summed E-state index contributed by atoms with van der Waals surface area (Å²) < 4.78 is 5.32. The number of methoxy groups -OCH3 is 1. The lowest BCUT2D eigenvalue weighted by Crippen LogP contribution is -2.32. The first-order valence-electron chi connectivity index (χ1n) is 7.23. The number of ether oxygens (including phenoxy) is 1. The summed E-state index contributed by atoms with van der Waals surface area (Å²) in [7, 11) is 3.49. The number of amides is 1. The van der Waals surface area contributed by atoms with Crippen LogP contribution in [-0.4, -0.2) is 31.0 Å². The SMILES string of the molecule is COc1ccccc1CN(C)C(=O)C[C@@H]1CCC[C@H]1N. The number of rotatable bonds is 5. The Labute approximate surface area is 120 Å². The molecule has 0 spiro atoms. The minimum absolute atomic E-state index is 0.165. The molecule has 0 aromatic heterocycles. The maximum absolute atomic E-state index is 12.3. The lowest BCUT2D eigenvalue weighted by atomic mass is 9.99. The van der Waals surface area contributed by atoms with Gasteiger partial charge in [-0.2, -0.15) is 0 Å². The highest BCUT2D eigenvalue weighted by atomic mass is 16.5. The molecule has 110 valence electrons. The van der Waals surface area contributed by atoms with Gasteiger partial charge in [-0.25, -0.2) is 0 Å². The van der Waals surface area contributed by atoms with E-state index >= 15 is 0 Å². The first kappa shape index (κ1) is 14.9. The number of hydrogen-bond acceptors (Lipinski definition) is 3. The monoisotopic (exact) mass is 276 g/mol. The molecule has 1 fully saturated rings. The van der Waals surface area contributed by atoms with Crippen LogP contribution in [0.2, 0.25) is 0 Å². The lowest BCUT2D eigenvalue weighted by molar-refractivity contribution is -0.131. The quantitative estimate of drug-likeness (QED) is 0.896. The molecular formula is C16H24N2O2. The molecule has 1 saturated carbocycles. The molecule has 0 bridgehead atoms. The zero-order chi connectivity index (χ0) is 14.5. The van der Waals surface area contributed by atoms with Crippen molar-refractivity contribution in [3.63, 3.8) is 0 Å². The van der Waals surface area contributed by atoms with Gasteiger partial charge in [-0.05, 0) is 24.8 Å². The van der Waals surface area contributed by atoms with E-state index in [1.54, 1.807) is 12.0 Å². The molecule has 0 unspecified atom stereocenters. The Kier molecular flexibility index (Phi) is 5.01. The summed E-state index contributed by atoms with van der Waals surface area (Å²) in [4.78, 5) is 14.0. The predicted octanol–water partition coefficient (Wildman–Crippen LogP) is 2.17. The zero-order valence-electron chi connectivity index (χ0n) is 12.3. The van der Waals surface area contributed by atoms with Crippen LogP contribution in [0.5, 0.6) is 5.75 Å². The lowest BCUT2D eigenvalue weighted by Gasteiger charge is -2.22. The Morgan fingerprint density at radius 2 is 2.15 bits per heavy atom. The minimum atomic E-state index is 0.165. The summed E-state index contributed by atoms with van der Waals surface area (Å²) in [6.45, 7) is 0.574. The zero-order valence-corrected chi connectivity index (χ0v) is 12.3. The van der Waals surface area contributed by atoms with Crippen LogP contribution < -0.4 is 10.5 Å². The van der Waals surface area contributed by atoms with Gasteiger partial charge in [0.15, 0.2) is 0 Å². The van der Waals surface area contributed by atoms with Crippen LogP contribution in [0.15, 0.2) is 24.3 Å². The summed E-state index contributed by atoms with van der Waals surface area (Å²) in [6, 6.07) is 7.99. The van der Waals surface area contributed by atoms with Crippen molar-refractivity contribution < 1.29 is 9.53 Å². The van der Waals surface area contributed by atoms with Gasteiger partial charge in [-0.1, -0.05) is 24.6 Å². The molecule has 0 saturated heterocycles. The number of nitrogens with two attached hydrogens (primary N) is 1. The second-order valence-corrected chi connectivity index (χ2v) is 5.62. The summed E-state index contributed by atoms with van der Waals surface area (Å²) >= 11 is 0. The van der Waals surface area contributed by atoms with E-state index in [-0.39, 0.29) is 11.9 Å². The second kappa shape index (κ2) is 6.75. The number of nitrogens with zero attached hydrogens (tertiary/aromatic N) is 1. The first-order valence-corrected chi connectivity index (χ1v) is 7.23. The fraction of sp³-hybridized carbons (Fsp3) is 0.562. The molecule has 2 atom stereocenters. The highest BCUT2D eigenvalue weighted by Gasteiger charge is 2.27. The van der Waals surface area contributed by atoms with Crippen molar-refractivity contribution in [2.75, 3.05) is 14.2 Å². The Morgan fingerprint density at radius 3 is 2.80 bits per heavy atom. The Bertz CT molecular complexity index is 462. The van der Waals surface area contributed by atoms with Crippen molar-refractivity contribution in [1.29, 1.82) is 0 Å². The third kappa shape index (κ3) is 3.51. The molecule has 0 aliphatic heterocycles. The van der Waals surface area contributed by atoms with Crippen LogP contribution in [0, 0.1) is 5.92 Å². The predicted molar refractivity (Wildman–Crippen MR) is 79.4 cm³/mol. The van der Waals surface area contributed by atoms with Gasteiger partial charge >= 0.3 is 0 Å². The average molecular weight is 276 g/mol. The summed E-state index contributed by atoms with van der Waals surface area (Å²) in [5.41, 5.74) is 7.06. The standard InChI is InChI=1S/C16H24N2O2/c1-18(11-13-6-3-4-9-15(13)20-2)16(19)10-12-7-5-8-14(12)17/h3-4,6,9,12,14H,5,7-8,10-11,17H2,1-2H3/t12-,14+/m0/s1. The highest BCUT2D eigenvalue weighted by molar-refractivity contribution is 5.76. The second-order valence-electron chi connectivity index (χ2n) is 5.62. The molecule has 1 aromatic carbocycles. The molecule has 4 nitrogen and oxygen atoms in total.